The zero-order valence-corrected chi connectivity index (χ0v) is 17.5. The molecule has 2 unspecified atom stereocenters. The first-order valence-electron chi connectivity index (χ1n) is 10.2. The van der Waals surface area contributed by atoms with Gasteiger partial charge in [0.05, 0.1) is 5.70 Å². The Bertz CT molecular complexity index is 897. The van der Waals surface area contributed by atoms with Crippen molar-refractivity contribution >= 4 is 5.91 Å². The zero-order chi connectivity index (χ0) is 22.9. The molecule has 0 aromatic heterocycles. The van der Waals surface area contributed by atoms with Gasteiger partial charge in [-0.3, -0.25) is 10.2 Å². The van der Waals surface area contributed by atoms with E-state index >= 15 is 0 Å². The number of amides is 1. The highest BCUT2D eigenvalue weighted by atomic mass is 19.4. The van der Waals surface area contributed by atoms with Crippen molar-refractivity contribution in [3.8, 4) is 0 Å². The molecule has 1 aliphatic heterocycles. The number of hydrazine groups is 1. The van der Waals surface area contributed by atoms with Crippen molar-refractivity contribution in [1.82, 2.24) is 15.8 Å². The molecule has 3 rings (SSSR count). The first kappa shape index (κ1) is 23.1. The first-order valence-corrected chi connectivity index (χ1v) is 10.2. The van der Waals surface area contributed by atoms with Crippen LogP contribution in [-0.2, 0) is 4.79 Å². The van der Waals surface area contributed by atoms with Gasteiger partial charge in [0.25, 0.3) is 5.91 Å². The maximum absolute atomic E-state index is 14.2. The van der Waals surface area contributed by atoms with Crippen LogP contribution in [0.25, 0.3) is 0 Å². The number of carbonyl (C=O) groups excluding carboxylic acids is 1. The summed E-state index contributed by atoms with van der Waals surface area (Å²) in [4.78, 5) is 12.6. The molecule has 0 aromatic carbocycles. The maximum Gasteiger partial charge on any atom is 0.412 e. The van der Waals surface area contributed by atoms with Gasteiger partial charge in [-0.1, -0.05) is 12.7 Å². The average molecular weight is 443 g/mol. The van der Waals surface area contributed by atoms with Crippen molar-refractivity contribution in [2.75, 3.05) is 0 Å². The Morgan fingerprint density at radius 2 is 1.97 bits per heavy atom. The largest absolute Gasteiger partial charge is 0.412 e. The van der Waals surface area contributed by atoms with Crippen LogP contribution in [0.4, 0.5) is 22.0 Å². The summed E-state index contributed by atoms with van der Waals surface area (Å²) in [6, 6.07) is 0. The SMILES string of the molecule is C=C1NC(C2=C(F)CC(F)CC2)=CC(=O)N1N/C(C)=C(\C)C1CC=C(C(F)(F)F)CC1. The molecule has 0 saturated heterocycles. The molecule has 9 heteroatoms. The Kier molecular flexibility index (Phi) is 6.62. The lowest BCUT2D eigenvalue weighted by Gasteiger charge is -2.33. The highest BCUT2D eigenvalue weighted by Crippen LogP contribution is 2.38. The van der Waals surface area contributed by atoms with Crippen LogP contribution < -0.4 is 10.7 Å². The van der Waals surface area contributed by atoms with Gasteiger partial charge in [0, 0.05) is 29.3 Å². The molecular weight excluding hydrogens is 417 g/mol. The van der Waals surface area contributed by atoms with Crippen LogP contribution in [0.1, 0.15) is 52.4 Å². The molecule has 2 aliphatic carbocycles. The quantitative estimate of drug-likeness (QED) is 0.439. The lowest BCUT2D eigenvalue weighted by atomic mass is 9.84. The average Bonchev–Trinajstić information content (AvgIpc) is 2.69. The molecule has 1 amide bonds. The molecule has 1 heterocycles. The van der Waals surface area contributed by atoms with E-state index in [-0.39, 0.29) is 55.1 Å². The highest BCUT2D eigenvalue weighted by molar-refractivity contribution is 5.91. The second-order valence-electron chi connectivity index (χ2n) is 8.15. The molecule has 4 nitrogen and oxygen atoms in total. The minimum Gasteiger partial charge on any atom is -0.340 e. The number of hydrogen-bond acceptors (Lipinski definition) is 3. The van der Waals surface area contributed by atoms with E-state index in [0.29, 0.717) is 12.1 Å². The van der Waals surface area contributed by atoms with E-state index in [4.69, 9.17) is 0 Å². The van der Waals surface area contributed by atoms with Crippen molar-refractivity contribution in [3.63, 3.8) is 0 Å². The van der Waals surface area contributed by atoms with E-state index in [1.165, 1.54) is 17.2 Å². The van der Waals surface area contributed by atoms with Crippen molar-refractivity contribution < 1.29 is 26.7 Å². The van der Waals surface area contributed by atoms with Gasteiger partial charge < -0.3 is 5.32 Å². The first-order chi connectivity index (χ1) is 14.5. The Balaban J connectivity index is 1.71. The third-order valence-corrected chi connectivity index (χ3v) is 6.06. The minimum absolute atomic E-state index is 0.0395. The summed E-state index contributed by atoms with van der Waals surface area (Å²) in [5, 5.41) is 4.06. The van der Waals surface area contributed by atoms with Gasteiger partial charge in [0.15, 0.2) is 0 Å². The monoisotopic (exact) mass is 443 g/mol. The van der Waals surface area contributed by atoms with Gasteiger partial charge in [-0.15, -0.1) is 0 Å². The molecule has 170 valence electrons. The Labute approximate surface area is 178 Å². The Morgan fingerprint density at radius 1 is 1.26 bits per heavy atom. The Hall–Kier alpha value is -2.58. The van der Waals surface area contributed by atoms with Crippen molar-refractivity contribution in [1.29, 1.82) is 0 Å². The van der Waals surface area contributed by atoms with Crippen molar-refractivity contribution in [2.24, 2.45) is 5.92 Å². The summed E-state index contributed by atoms with van der Waals surface area (Å²) in [5.74, 6) is -0.937. The molecular formula is C22H26F5N3O. The second kappa shape index (κ2) is 8.88. The van der Waals surface area contributed by atoms with Crippen LogP contribution in [0, 0.1) is 5.92 Å². The van der Waals surface area contributed by atoms with Gasteiger partial charge in [0.1, 0.15) is 17.8 Å². The number of alkyl halides is 4. The molecule has 31 heavy (non-hydrogen) atoms. The van der Waals surface area contributed by atoms with Crippen LogP contribution in [0.5, 0.6) is 0 Å². The van der Waals surface area contributed by atoms with Crippen LogP contribution in [0.3, 0.4) is 0 Å². The number of rotatable bonds is 4. The van der Waals surface area contributed by atoms with Crippen LogP contribution in [0.2, 0.25) is 0 Å². The molecule has 3 aliphatic rings. The number of carbonyl (C=O) groups is 1. The normalized spacial score (nSPS) is 26.2. The summed E-state index contributed by atoms with van der Waals surface area (Å²) in [6.07, 6.45) is -2.35. The Morgan fingerprint density at radius 3 is 2.52 bits per heavy atom. The number of nitrogens with one attached hydrogen (secondary N) is 2. The van der Waals surface area contributed by atoms with Crippen LogP contribution in [-0.4, -0.2) is 23.3 Å². The van der Waals surface area contributed by atoms with Gasteiger partial charge >= 0.3 is 6.18 Å². The predicted octanol–water partition coefficient (Wildman–Crippen LogP) is 5.61. The van der Waals surface area contributed by atoms with Crippen LogP contribution >= 0.6 is 0 Å². The smallest absolute Gasteiger partial charge is 0.340 e. The molecule has 0 aromatic rings. The number of allylic oxidation sites excluding steroid dienone is 6. The zero-order valence-electron chi connectivity index (χ0n) is 17.5. The minimum atomic E-state index is -4.29. The fourth-order valence-corrected chi connectivity index (χ4v) is 4.04. The van der Waals surface area contributed by atoms with E-state index in [1.54, 1.807) is 6.92 Å². The fourth-order valence-electron chi connectivity index (χ4n) is 4.04. The molecule has 0 fully saturated rings. The van der Waals surface area contributed by atoms with E-state index in [9.17, 15) is 26.7 Å². The second-order valence-corrected chi connectivity index (χ2v) is 8.15. The van der Waals surface area contributed by atoms with Crippen LogP contribution in [0.15, 0.2) is 58.5 Å². The van der Waals surface area contributed by atoms with Crippen molar-refractivity contribution in [2.45, 2.75) is 64.7 Å². The number of halogens is 5. The van der Waals surface area contributed by atoms with E-state index in [1.807, 2.05) is 6.92 Å². The van der Waals surface area contributed by atoms with Crippen molar-refractivity contribution in [3.05, 3.63) is 58.5 Å². The third-order valence-electron chi connectivity index (χ3n) is 6.06. The maximum atomic E-state index is 14.2. The molecule has 0 saturated carbocycles. The van der Waals surface area contributed by atoms with Gasteiger partial charge in [-0.2, -0.15) is 13.2 Å². The summed E-state index contributed by atoms with van der Waals surface area (Å²) in [7, 11) is 0. The molecule has 0 bridgehead atoms. The highest BCUT2D eigenvalue weighted by Gasteiger charge is 2.35. The number of nitrogens with zero attached hydrogens (tertiary/aromatic N) is 1. The van der Waals surface area contributed by atoms with Gasteiger partial charge in [0.2, 0.25) is 0 Å². The third kappa shape index (κ3) is 5.19. The lowest BCUT2D eigenvalue weighted by Crippen LogP contribution is -2.47. The van der Waals surface area contributed by atoms with Gasteiger partial charge in [-0.25, -0.2) is 13.8 Å². The van der Waals surface area contributed by atoms with E-state index in [0.717, 1.165) is 5.57 Å². The molecule has 0 radical (unpaired) electrons. The molecule has 2 N–H and O–H groups in total. The van der Waals surface area contributed by atoms with E-state index < -0.39 is 29.7 Å². The summed E-state index contributed by atoms with van der Waals surface area (Å²) < 4.78 is 66.0. The summed E-state index contributed by atoms with van der Waals surface area (Å²) in [5.41, 5.74) is 4.48. The number of hydrogen-bond donors (Lipinski definition) is 2. The van der Waals surface area contributed by atoms with E-state index in [2.05, 4.69) is 17.3 Å². The summed E-state index contributed by atoms with van der Waals surface area (Å²) in [6.45, 7) is 7.37. The lowest BCUT2D eigenvalue weighted by molar-refractivity contribution is -0.127. The topological polar surface area (TPSA) is 44.4 Å². The van der Waals surface area contributed by atoms with Gasteiger partial charge in [-0.05, 0) is 57.4 Å². The molecule has 0 spiro atoms. The standard InChI is InChI=1S/C22H26F5N3O/c1-12(15-4-6-16(7-5-15)22(25,26)27)13(2)29-30-14(3)28-20(11-21(30)31)18-9-8-17(23)10-19(18)24/h6,11,15,17,28-29H,3-5,7-10H2,1-2H3/b13-12+. The fraction of sp³-hybridized carbons (Fsp3) is 0.500. The predicted molar refractivity (Wildman–Crippen MR) is 107 cm³/mol. The summed E-state index contributed by atoms with van der Waals surface area (Å²) >= 11 is 0. The molecule has 2 atom stereocenters.